The highest BCUT2D eigenvalue weighted by Gasteiger charge is 2.47. The molecule has 56 heavy (non-hydrogen) atoms. The van der Waals surface area contributed by atoms with Crippen LogP contribution >= 0.6 is 8.53 Å². The minimum atomic E-state index is -1.58. The quantitative estimate of drug-likeness (QED) is 0.0519. The van der Waals surface area contributed by atoms with E-state index >= 15 is 0 Å². The van der Waals surface area contributed by atoms with Crippen LogP contribution in [0.25, 0.3) is 10.8 Å². The molecule has 4 atom stereocenters. The summed E-state index contributed by atoms with van der Waals surface area (Å²) in [6.07, 6.45) is 0.567. The molecular weight excluding hydrogens is 725 g/mol. The molecule has 10 nitrogen and oxygen atoms in total. The molecule has 0 amide bonds. The van der Waals surface area contributed by atoms with E-state index in [4.69, 9.17) is 28.0 Å². The highest BCUT2D eigenvalue weighted by atomic mass is 31.2. The van der Waals surface area contributed by atoms with Crippen LogP contribution in [0.2, 0.25) is 0 Å². The lowest BCUT2D eigenvalue weighted by Gasteiger charge is -2.40. The van der Waals surface area contributed by atoms with Gasteiger partial charge in [0.1, 0.15) is 29.4 Å². The van der Waals surface area contributed by atoms with Gasteiger partial charge in [-0.3, -0.25) is 9.36 Å². The van der Waals surface area contributed by atoms with Crippen LogP contribution in [0, 0.1) is 18.3 Å². The average Bonchev–Trinajstić information content (AvgIpc) is 3.60. The molecule has 6 rings (SSSR count). The predicted molar refractivity (Wildman–Crippen MR) is 220 cm³/mol. The minimum Gasteiger partial charge on any atom is -0.497 e. The zero-order valence-corrected chi connectivity index (χ0v) is 34.1. The van der Waals surface area contributed by atoms with Crippen molar-refractivity contribution in [3.63, 3.8) is 0 Å². The molecule has 1 unspecified atom stereocenters. The zero-order valence-electron chi connectivity index (χ0n) is 33.3. The van der Waals surface area contributed by atoms with E-state index in [1.807, 2.05) is 104 Å². The third kappa shape index (κ3) is 8.85. The highest BCUT2D eigenvalue weighted by molar-refractivity contribution is 7.44. The highest BCUT2D eigenvalue weighted by Crippen LogP contribution is 2.49. The molecule has 0 saturated carbocycles. The Balaban J connectivity index is 1.47. The molecule has 0 aliphatic carbocycles. The summed E-state index contributed by atoms with van der Waals surface area (Å²) in [5.74, 6) is 1.44. The molecular formula is C45H52N3O7P. The summed E-state index contributed by atoms with van der Waals surface area (Å²) >= 11 is 0. The van der Waals surface area contributed by atoms with Gasteiger partial charge in [-0.15, -0.1) is 0 Å². The van der Waals surface area contributed by atoms with E-state index in [1.165, 1.54) is 0 Å². The van der Waals surface area contributed by atoms with Gasteiger partial charge in [0.2, 0.25) is 0 Å². The first-order valence-corrected chi connectivity index (χ1v) is 20.2. The standard InChI is InChI=1S/C45H52N3O7P/c1-31(2)48(32(3)4)56(52-27-11-25-46)53-30-42-41(29-43(54-42)47-26-24-34-28-33(5)14-23-40(34)44(47)49)55-45(35-12-9-8-10-13-35,36-15-19-38(50-6)20-16-36)37-17-21-39(51-7)22-18-37/h8-10,12-24,26,28,31-32,41-43H,11,27,29-30H2,1-7H3/t41-,42+,43+,56?/m0/s1. The Morgan fingerprint density at radius 3 is 2.04 bits per heavy atom. The van der Waals surface area contributed by atoms with Crippen LogP contribution in [0.1, 0.15) is 69.0 Å². The second-order valence-electron chi connectivity index (χ2n) is 14.5. The lowest BCUT2D eigenvalue weighted by atomic mass is 9.79. The normalized spacial score (nSPS) is 17.8. The van der Waals surface area contributed by atoms with E-state index < -0.39 is 32.6 Å². The predicted octanol–water partition coefficient (Wildman–Crippen LogP) is 9.28. The number of nitriles is 1. The lowest BCUT2D eigenvalue weighted by Crippen LogP contribution is -2.41. The van der Waals surface area contributed by atoms with Crippen molar-refractivity contribution in [1.82, 2.24) is 9.24 Å². The van der Waals surface area contributed by atoms with Crippen molar-refractivity contribution in [3.8, 4) is 17.6 Å². The minimum absolute atomic E-state index is 0.114. The molecule has 1 fully saturated rings. The Hall–Kier alpha value is -4.59. The van der Waals surface area contributed by atoms with Crippen molar-refractivity contribution < 1.29 is 28.0 Å². The Labute approximate surface area is 331 Å². The Morgan fingerprint density at radius 2 is 1.46 bits per heavy atom. The maximum atomic E-state index is 14.1. The van der Waals surface area contributed by atoms with Crippen molar-refractivity contribution in [2.45, 2.75) is 83.6 Å². The van der Waals surface area contributed by atoms with Crippen LogP contribution in [0.4, 0.5) is 0 Å². The summed E-state index contributed by atoms with van der Waals surface area (Å²) in [5, 5.41) is 10.8. The maximum Gasteiger partial charge on any atom is 0.260 e. The number of rotatable bonds is 17. The number of methoxy groups -OCH3 is 2. The van der Waals surface area contributed by atoms with Crippen molar-refractivity contribution in [1.29, 1.82) is 5.26 Å². The Morgan fingerprint density at radius 1 is 0.857 bits per heavy atom. The SMILES string of the molecule is COc1ccc(C(O[C@H]2C[C@H](n3ccc4cc(C)ccc4c3=O)O[C@@H]2COP(OCCC#N)N(C(C)C)C(C)C)(c2ccccc2)c2ccc(OC)cc2)cc1. The van der Waals surface area contributed by atoms with E-state index in [9.17, 15) is 10.1 Å². The van der Waals surface area contributed by atoms with Crippen LogP contribution in [-0.2, 0) is 24.1 Å². The van der Waals surface area contributed by atoms with Gasteiger partial charge >= 0.3 is 0 Å². The number of fused-ring (bicyclic) bond motifs is 1. The fourth-order valence-corrected chi connectivity index (χ4v) is 9.08. The largest absolute Gasteiger partial charge is 0.497 e. The summed E-state index contributed by atoms with van der Waals surface area (Å²) in [5.41, 5.74) is 2.47. The van der Waals surface area contributed by atoms with E-state index in [0.29, 0.717) is 11.8 Å². The third-order valence-corrected chi connectivity index (χ3v) is 12.2. The van der Waals surface area contributed by atoms with Crippen LogP contribution < -0.4 is 15.0 Å². The summed E-state index contributed by atoms with van der Waals surface area (Å²) in [7, 11) is 1.72. The molecule has 5 aromatic rings. The van der Waals surface area contributed by atoms with Gasteiger partial charge < -0.3 is 28.0 Å². The number of hydrogen-bond acceptors (Lipinski definition) is 9. The van der Waals surface area contributed by atoms with E-state index in [2.05, 4.69) is 50.6 Å². The van der Waals surface area contributed by atoms with Gasteiger partial charge in [0, 0.05) is 30.1 Å². The second-order valence-corrected chi connectivity index (χ2v) is 15.9. The topological polar surface area (TPSA) is 104 Å². The molecule has 1 aliphatic heterocycles. The smallest absolute Gasteiger partial charge is 0.260 e. The first-order chi connectivity index (χ1) is 27.1. The fraction of sp³-hybridized carbons (Fsp3) is 0.378. The number of pyridine rings is 1. The Kier molecular flexibility index (Phi) is 13.6. The van der Waals surface area contributed by atoms with Gasteiger partial charge in [0.25, 0.3) is 14.1 Å². The third-order valence-electron chi connectivity index (χ3n) is 10.1. The summed E-state index contributed by atoms with van der Waals surface area (Å²) in [6.45, 7) is 10.8. The monoisotopic (exact) mass is 777 g/mol. The van der Waals surface area contributed by atoms with Gasteiger partial charge in [-0.2, -0.15) is 5.26 Å². The molecule has 0 radical (unpaired) electrons. The van der Waals surface area contributed by atoms with Crippen molar-refractivity contribution in [3.05, 3.63) is 142 Å². The van der Waals surface area contributed by atoms with Crippen molar-refractivity contribution >= 4 is 19.3 Å². The summed E-state index contributed by atoms with van der Waals surface area (Å²) in [6, 6.07) is 36.2. The molecule has 2 heterocycles. The van der Waals surface area contributed by atoms with Gasteiger partial charge in [0.05, 0.1) is 46.0 Å². The van der Waals surface area contributed by atoms with E-state index in [-0.39, 0.29) is 37.3 Å². The molecule has 1 saturated heterocycles. The number of hydrogen-bond donors (Lipinski definition) is 0. The van der Waals surface area contributed by atoms with Crippen LogP contribution in [-0.4, -0.2) is 61.0 Å². The molecule has 1 aliphatic rings. The molecule has 11 heteroatoms. The van der Waals surface area contributed by atoms with Gasteiger partial charge in [0.15, 0.2) is 0 Å². The zero-order chi connectivity index (χ0) is 39.8. The summed E-state index contributed by atoms with van der Waals surface area (Å²) < 4.78 is 42.5. The van der Waals surface area contributed by atoms with Crippen molar-refractivity contribution in [2.24, 2.45) is 0 Å². The lowest BCUT2D eigenvalue weighted by molar-refractivity contribution is -0.0973. The first kappa shape index (κ1) is 41.1. The average molecular weight is 778 g/mol. The van der Waals surface area contributed by atoms with Gasteiger partial charge in [-0.25, -0.2) is 4.67 Å². The van der Waals surface area contributed by atoms with Crippen LogP contribution in [0.15, 0.2) is 114 Å². The number of benzene rings is 4. The Bertz CT molecular complexity index is 2080. The van der Waals surface area contributed by atoms with Crippen LogP contribution in [0.5, 0.6) is 11.5 Å². The maximum absolute atomic E-state index is 14.1. The number of aromatic nitrogens is 1. The molecule has 0 N–H and O–H groups in total. The second kappa shape index (κ2) is 18.6. The molecule has 0 spiro atoms. The van der Waals surface area contributed by atoms with Crippen LogP contribution in [0.3, 0.4) is 0 Å². The summed E-state index contributed by atoms with van der Waals surface area (Å²) in [4.78, 5) is 14.1. The van der Waals surface area contributed by atoms with Crippen molar-refractivity contribution in [2.75, 3.05) is 27.4 Å². The van der Waals surface area contributed by atoms with E-state index in [1.54, 1.807) is 18.8 Å². The molecule has 4 aromatic carbocycles. The van der Waals surface area contributed by atoms with Gasteiger partial charge in [-0.1, -0.05) is 72.3 Å². The number of nitrogens with zero attached hydrogens (tertiary/aromatic N) is 3. The number of aryl methyl sites for hydroxylation is 1. The molecule has 1 aromatic heterocycles. The van der Waals surface area contributed by atoms with E-state index in [0.717, 1.165) is 39.1 Å². The fourth-order valence-electron chi connectivity index (χ4n) is 7.46. The van der Waals surface area contributed by atoms with Gasteiger partial charge in [-0.05, 0) is 93.1 Å². The number of ether oxygens (including phenoxy) is 4. The first-order valence-electron chi connectivity index (χ1n) is 19.1. The molecule has 0 bridgehead atoms. The molecule has 294 valence electrons.